The molecular weight excluding hydrogens is 538 g/mol. The second-order valence-corrected chi connectivity index (χ2v) is 11.7. The standard InChI is InChI=1S/C30H31N7O3S/c1-20-15-23(18-31)16-21(2)29(20)40-28-17-27(24-7-11-33-12-8-24)35-30(36-28)34-25-9-13-37(14-10-25)19-22-3-5-26(6-4-22)41(32,38)39/h3-8,11-12,15-17,25H,9-10,13-14,19H2,1-2H3,(H2,32,38,39)(H,34,35,36). The Morgan fingerprint density at radius 1 is 1.02 bits per heavy atom. The first-order valence-electron chi connectivity index (χ1n) is 13.3. The van der Waals surface area contributed by atoms with Gasteiger partial charge in [0.1, 0.15) is 5.75 Å². The van der Waals surface area contributed by atoms with E-state index in [0.717, 1.165) is 54.7 Å². The smallest absolute Gasteiger partial charge is 0.238 e. The van der Waals surface area contributed by atoms with Gasteiger partial charge in [0.05, 0.1) is 22.2 Å². The van der Waals surface area contributed by atoms with Crippen molar-refractivity contribution in [2.75, 3.05) is 18.4 Å². The summed E-state index contributed by atoms with van der Waals surface area (Å²) in [5, 5.41) is 18.0. The van der Waals surface area contributed by atoms with Gasteiger partial charge in [-0.05, 0) is 79.8 Å². The lowest BCUT2D eigenvalue weighted by Crippen LogP contribution is -2.39. The van der Waals surface area contributed by atoms with Crippen molar-refractivity contribution in [2.45, 2.75) is 44.2 Å². The molecule has 0 aliphatic carbocycles. The zero-order chi connectivity index (χ0) is 29.0. The fourth-order valence-corrected chi connectivity index (χ4v) is 5.47. The highest BCUT2D eigenvalue weighted by atomic mass is 32.2. The average Bonchev–Trinajstić information content (AvgIpc) is 2.96. The number of nitrogens with zero attached hydrogens (tertiary/aromatic N) is 5. The maximum Gasteiger partial charge on any atom is 0.238 e. The minimum Gasteiger partial charge on any atom is -0.438 e. The Kier molecular flexibility index (Phi) is 8.26. The number of hydrogen-bond acceptors (Lipinski definition) is 9. The number of primary sulfonamides is 1. The first-order chi connectivity index (χ1) is 19.7. The van der Waals surface area contributed by atoms with Crippen LogP contribution in [0.2, 0.25) is 0 Å². The van der Waals surface area contributed by atoms with E-state index in [0.29, 0.717) is 28.8 Å². The fourth-order valence-electron chi connectivity index (χ4n) is 4.95. The summed E-state index contributed by atoms with van der Waals surface area (Å²) in [6.45, 7) is 6.29. The van der Waals surface area contributed by atoms with Gasteiger partial charge in [0.2, 0.25) is 21.9 Å². The lowest BCUT2D eigenvalue weighted by atomic mass is 10.0. The molecule has 1 fully saturated rings. The van der Waals surface area contributed by atoms with Crippen molar-refractivity contribution in [1.82, 2.24) is 19.9 Å². The second kappa shape index (κ2) is 12.0. The van der Waals surface area contributed by atoms with E-state index in [2.05, 4.69) is 26.3 Å². The topological polar surface area (TPSA) is 147 Å². The number of pyridine rings is 1. The molecule has 210 valence electrons. The Bertz CT molecular complexity index is 1660. The molecule has 41 heavy (non-hydrogen) atoms. The Morgan fingerprint density at radius 2 is 1.68 bits per heavy atom. The van der Waals surface area contributed by atoms with Gasteiger partial charge in [-0.15, -0.1) is 0 Å². The SMILES string of the molecule is Cc1cc(C#N)cc(C)c1Oc1cc(-c2ccncc2)nc(NC2CCN(Cc3ccc(S(N)(=O)=O)cc3)CC2)n1. The third kappa shape index (κ3) is 7.05. The molecule has 4 aromatic rings. The van der Waals surface area contributed by atoms with Crippen LogP contribution in [0.1, 0.15) is 35.1 Å². The number of nitrogens with two attached hydrogens (primary N) is 1. The van der Waals surface area contributed by atoms with Gasteiger partial charge < -0.3 is 10.1 Å². The molecule has 0 saturated carbocycles. The van der Waals surface area contributed by atoms with Crippen LogP contribution in [-0.4, -0.2) is 47.4 Å². The van der Waals surface area contributed by atoms with Crippen LogP contribution in [0.3, 0.4) is 0 Å². The number of rotatable bonds is 8. The predicted molar refractivity (Wildman–Crippen MR) is 156 cm³/mol. The molecule has 10 nitrogen and oxygen atoms in total. The van der Waals surface area contributed by atoms with Gasteiger partial charge in [-0.2, -0.15) is 10.2 Å². The summed E-state index contributed by atoms with van der Waals surface area (Å²) in [6.07, 6.45) is 5.22. The van der Waals surface area contributed by atoms with Crippen LogP contribution < -0.4 is 15.2 Å². The number of ether oxygens (including phenoxy) is 1. The zero-order valence-corrected chi connectivity index (χ0v) is 23.7. The number of sulfonamides is 1. The summed E-state index contributed by atoms with van der Waals surface area (Å²) in [5.41, 5.74) is 4.93. The summed E-state index contributed by atoms with van der Waals surface area (Å²) in [6, 6.07) is 18.3. The molecule has 0 radical (unpaired) electrons. The van der Waals surface area contributed by atoms with Gasteiger partial charge in [-0.25, -0.2) is 18.5 Å². The summed E-state index contributed by atoms with van der Waals surface area (Å²) in [7, 11) is -3.70. The quantitative estimate of drug-likeness (QED) is 0.312. The highest BCUT2D eigenvalue weighted by Crippen LogP contribution is 2.31. The van der Waals surface area contributed by atoms with E-state index in [4.69, 9.17) is 14.9 Å². The molecule has 3 N–H and O–H groups in total. The van der Waals surface area contributed by atoms with Gasteiger partial charge >= 0.3 is 0 Å². The number of aryl methyl sites for hydroxylation is 2. The van der Waals surface area contributed by atoms with E-state index < -0.39 is 10.0 Å². The monoisotopic (exact) mass is 569 g/mol. The summed E-state index contributed by atoms with van der Waals surface area (Å²) < 4.78 is 29.3. The highest BCUT2D eigenvalue weighted by molar-refractivity contribution is 7.89. The maximum atomic E-state index is 11.5. The average molecular weight is 570 g/mol. The lowest BCUT2D eigenvalue weighted by molar-refractivity contribution is 0.211. The number of hydrogen-bond donors (Lipinski definition) is 2. The number of benzene rings is 2. The number of likely N-dealkylation sites (tertiary alicyclic amines) is 1. The number of anilines is 1. The largest absolute Gasteiger partial charge is 0.438 e. The fraction of sp³-hybridized carbons (Fsp3) is 0.267. The Labute approximate surface area is 239 Å². The molecule has 0 unspecified atom stereocenters. The molecular formula is C30H31N7O3S. The van der Waals surface area contributed by atoms with E-state index >= 15 is 0 Å². The van der Waals surface area contributed by atoms with Crippen molar-refractivity contribution in [3.63, 3.8) is 0 Å². The van der Waals surface area contributed by atoms with Crippen molar-refractivity contribution < 1.29 is 13.2 Å². The first-order valence-corrected chi connectivity index (χ1v) is 14.8. The maximum absolute atomic E-state index is 11.5. The van der Waals surface area contributed by atoms with Crippen LogP contribution in [0.4, 0.5) is 5.95 Å². The molecule has 5 rings (SSSR count). The number of aromatic nitrogens is 3. The third-order valence-corrected chi connectivity index (χ3v) is 7.98. The van der Waals surface area contributed by atoms with Crippen molar-refractivity contribution in [2.24, 2.45) is 5.14 Å². The Hall–Kier alpha value is -4.37. The van der Waals surface area contributed by atoms with E-state index in [9.17, 15) is 13.7 Å². The Morgan fingerprint density at radius 3 is 2.29 bits per heavy atom. The molecule has 1 saturated heterocycles. The van der Waals surface area contributed by atoms with Gasteiger partial charge in [0, 0.05) is 49.7 Å². The molecule has 0 atom stereocenters. The van der Waals surface area contributed by atoms with Crippen LogP contribution >= 0.6 is 0 Å². The molecule has 0 bridgehead atoms. The van der Waals surface area contributed by atoms with Crippen molar-refractivity contribution in [3.8, 4) is 29.0 Å². The van der Waals surface area contributed by atoms with E-state index in [1.54, 1.807) is 54.9 Å². The van der Waals surface area contributed by atoms with E-state index in [1.807, 2.05) is 26.0 Å². The van der Waals surface area contributed by atoms with Crippen molar-refractivity contribution >= 4 is 16.0 Å². The molecule has 3 heterocycles. The molecule has 0 spiro atoms. The van der Waals surface area contributed by atoms with Gasteiger partial charge in [-0.1, -0.05) is 12.1 Å². The van der Waals surface area contributed by atoms with Crippen LogP contribution in [-0.2, 0) is 16.6 Å². The molecule has 2 aromatic carbocycles. The van der Waals surface area contributed by atoms with Crippen LogP contribution in [0, 0.1) is 25.2 Å². The third-order valence-electron chi connectivity index (χ3n) is 7.05. The van der Waals surface area contributed by atoms with Gasteiger partial charge in [0.15, 0.2) is 0 Å². The molecule has 1 aliphatic rings. The molecule has 1 aliphatic heterocycles. The van der Waals surface area contributed by atoms with E-state index in [1.165, 1.54) is 0 Å². The van der Waals surface area contributed by atoms with Crippen LogP contribution in [0.15, 0.2) is 71.9 Å². The number of piperidine rings is 1. The number of nitrogens with one attached hydrogen (secondary N) is 1. The molecule has 0 amide bonds. The minimum absolute atomic E-state index is 0.117. The highest BCUT2D eigenvalue weighted by Gasteiger charge is 2.21. The predicted octanol–water partition coefficient (Wildman–Crippen LogP) is 4.54. The summed E-state index contributed by atoms with van der Waals surface area (Å²) >= 11 is 0. The molecule has 11 heteroatoms. The minimum atomic E-state index is -3.70. The first kappa shape index (κ1) is 28.2. The van der Waals surface area contributed by atoms with Gasteiger partial charge in [0.25, 0.3) is 0 Å². The second-order valence-electron chi connectivity index (χ2n) is 10.2. The summed E-state index contributed by atoms with van der Waals surface area (Å²) in [4.78, 5) is 16.0. The van der Waals surface area contributed by atoms with Crippen LogP contribution in [0.5, 0.6) is 11.6 Å². The molecule has 2 aromatic heterocycles. The summed E-state index contributed by atoms with van der Waals surface area (Å²) in [5.74, 6) is 1.56. The van der Waals surface area contributed by atoms with E-state index in [-0.39, 0.29) is 10.9 Å². The van der Waals surface area contributed by atoms with Crippen LogP contribution in [0.25, 0.3) is 11.3 Å². The number of nitriles is 1. The van der Waals surface area contributed by atoms with Crippen molar-refractivity contribution in [1.29, 1.82) is 5.26 Å². The normalized spacial score (nSPS) is 14.4. The lowest BCUT2D eigenvalue weighted by Gasteiger charge is -2.32. The van der Waals surface area contributed by atoms with Crippen molar-refractivity contribution in [3.05, 3.63) is 89.2 Å². The Balaban J connectivity index is 1.30. The van der Waals surface area contributed by atoms with Gasteiger partial charge in [-0.3, -0.25) is 9.88 Å². The zero-order valence-electron chi connectivity index (χ0n) is 22.9.